The predicted octanol–water partition coefficient (Wildman–Crippen LogP) is 0.134. The first kappa shape index (κ1) is 24.0. The predicted molar refractivity (Wildman–Crippen MR) is 124 cm³/mol. The van der Waals surface area contributed by atoms with E-state index in [9.17, 15) is 24.6 Å². The van der Waals surface area contributed by atoms with Gasteiger partial charge in [-0.05, 0) is 27.2 Å². The van der Waals surface area contributed by atoms with Crippen molar-refractivity contribution in [1.29, 1.82) is 5.41 Å². The van der Waals surface area contributed by atoms with E-state index < -0.39 is 18.0 Å². The van der Waals surface area contributed by atoms with Crippen LogP contribution < -0.4 is 5.32 Å². The molecule has 3 fully saturated rings. The summed E-state index contributed by atoms with van der Waals surface area (Å²) in [6.07, 6.45) is -0.239. The van der Waals surface area contributed by atoms with E-state index in [1.807, 2.05) is 23.6 Å². The van der Waals surface area contributed by atoms with E-state index in [-0.39, 0.29) is 46.8 Å². The number of nitrogens with one attached hydrogen (secondary N) is 2. The lowest BCUT2D eigenvalue weighted by atomic mass is 9.79. The van der Waals surface area contributed by atoms with E-state index in [0.29, 0.717) is 43.3 Å². The lowest BCUT2D eigenvalue weighted by molar-refractivity contribution is -0.163. The highest BCUT2D eigenvalue weighted by Crippen LogP contribution is 2.51. The van der Waals surface area contributed by atoms with Crippen LogP contribution in [0.2, 0.25) is 0 Å². The molecule has 4 heterocycles. The fourth-order valence-electron chi connectivity index (χ4n) is 5.63. The Labute approximate surface area is 197 Å². The zero-order valence-corrected chi connectivity index (χ0v) is 20.3. The van der Waals surface area contributed by atoms with Crippen LogP contribution in [0.1, 0.15) is 34.1 Å². The third-order valence-corrected chi connectivity index (χ3v) is 8.89. The number of amidine groups is 1. The molecule has 4 aliphatic rings. The van der Waals surface area contributed by atoms with E-state index in [1.165, 1.54) is 16.7 Å². The van der Waals surface area contributed by atoms with Gasteiger partial charge in [0.05, 0.1) is 29.9 Å². The van der Waals surface area contributed by atoms with E-state index in [0.717, 1.165) is 0 Å². The molecule has 0 aromatic carbocycles. The molecule has 0 aromatic rings. The van der Waals surface area contributed by atoms with Crippen LogP contribution in [-0.4, -0.2) is 104 Å². The number of carboxylic acid groups (broad SMARTS) is 1. The molecule has 4 rings (SSSR count). The Morgan fingerprint density at radius 1 is 1.27 bits per heavy atom. The highest BCUT2D eigenvalue weighted by atomic mass is 32.2. The average molecular weight is 480 g/mol. The minimum absolute atomic E-state index is 0.0167. The van der Waals surface area contributed by atoms with Gasteiger partial charge in [-0.1, -0.05) is 6.92 Å². The smallest absolute Gasteiger partial charge is 0.353 e. The summed E-state index contributed by atoms with van der Waals surface area (Å²) in [7, 11) is 0. The lowest BCUT2D eigenvalue weighted by Gasteiger charge is -2.46. The second-order valence-corrected chi connectivity index (χ2v) is 11.0. The summed E-state index contributed by atoms with van der Waals surface area (Å²) in [6, 6.07) is -0.637. The van der Waals surface area contributed by atoms with Gasteiger partial charge < -0.3 is 30.2 Å². The maximum atomic E-state index is 13.2. The number of carbonyl (C=O) groups is 3. The summed E-state index contributed by atoms with van der Waals surface area (Å²) in [5, 5.41) is 31.0. The number of aliphatic carboxylic acids is 1. The first-order valence-electron chi connectivity index (χ1n) is 11.5. The van der Waals surface area contributed by atoms with Crippen LogP contribution in [0.4, 0.5) is 0 Å². The molecular weight excluding hydrogens is 446 g/mol. The molecule has 2 amide bonds. The number of hydrogen-bond donors (Lipinski definition) is 4. The number of hydrogen-bond acceptors (Lipinski definition) is 7. The Morgan fingerprint density at radius 2 is 1.97 bits per heavy atom. The van der Waals surface area contributed by atoms with Gasteiger partial charge in [0.25, 0.3) is 0 Å². The normalized spacial score (nSPS) is 34.9. The fraction of sp³-hybridized carbons (Fsp3) is 0.727. The lowest BCUT2D eigenvalue weighted by Crippen LogP contribution is -2.63. The van der Waals surface area contributed by atoms with Gasteiger partial charge in [-0.15, -0.1) is 11.8 Å². The van der Waals surface area contributed by atoms with Crippen LogP contribution in [0, 0.1) is 17.2 Å². The van der Waals surface area contributed by atoms with Crippen molar-refractivity contribution in [1.82, 2.24) is 20.0 Å². The molecule has 0 bridgehead atoms. The topological polar surface area (TPSA) is 137 Å². The first-order valence-corrected chi connectivity index (χ1v) is 12.4. The Bertz CT molecular complexity index is 908. The van der Waals surface area contributed by atoms with Gasteiger partial charge >= 0.3 is 5.97 Å². The summed E-state index contributed by atoms with van der Waals surface area (Å²) in [5.41, 5.74) is 0.0286. The highest BCUT2D eigenvalue weighted by molar-refractivity contribution is 8.03. The minimum Gasteiger partial charge on any atom is -0.477 e. The van der Waals surface area contributed by atoms with Gasteiger partial charge in [0, 0.05) is 48.3 Å². The molecule has 10 nitrogen and oxygen atoms in total. The number of aliphatic hydroxyl groups is 1. The zero-order chi connectivity index (χ0) is 24.2. The molecule has 0 spiro atoms. The number of nitrogens with zero attached hydrogens (tertiary/aromatic N) is 3. The maximum Gasteiger partial charge on any atom is 0.353 e. The van der Waals surface area contributed by atoms with Gasteiger partial charge in [0.1, 0.15) is 5.70 Å². The van der Waals surface area contributed by atoms with Crippen LogP contribution in [0.5, 0.6) is 0 Å². The molecule has 0 saturated carbocycles. The Kier molecular flexibility index (Phi) is 6.49. The van der Waals surface area contributed by atoms with Crippen molar-refractivity contribution in [2.75, 3.05) is 26.2 Å². The van der Waals surface area contributed by atoms with Crippen LogP contribution in [0.3, 0.4) is 0 Å². The van der Waals surface area contributed by atoms with Crippen molar-refractivity contribution in [3.05, 3.63) is 10.6 Å². The molecule has 7 atom stereocenters. The Hall–Kier alpha value is -2.11. The number of β-lactam (4-membered cyclic amide) rings is 1. The van der Waals surface area contributed by atoms with Crippen LogP contribution >= 0.6 is 11.8 Å². The number of rotatable bonds is 5. The van der Waals surface area contributed by atoms with Crippen LogP contribution in [-0.2, 0) is 14.4 Å². The molecule has 4 N–H and O–H groups in total. The van der Waals surface area contributed by atoms with Gasteiger partial charge in [-0.2, -0.15) is 0 Å². The summed E-state index contributed by atoms with van der Waals surface area (Å²) in [5.74, 6) is -1.65. The second kappa shape index (κ2) is 8.92. The average Bonchev–Trinajstić information content (AvgIpc) is 3.29. The van der Waals surface area contributed by atoms with Crippen LogP contribution in [0.15, 0.2) is 10.6 Å². The summed E-state index contributed by atoms with van der Waals surface area (Å²) in [4.78, 5) is 43.6. The third-order valence-electron chi connectivity index (χ3n) is 7.38. The largest absolute Gasteiger partial charge is 0.477 e. The molecule has 0 radical (unpaired) electrons. The zero-order valence-electron chi connectivity index (χ0n) is 19.4. The Balaban J connectivity index is 1.42. The highest BCUT2D eigenvalue weighted by Gasteiger charge is 2.60. The summed E-state index contributed by atoms with van der Waals surface area (Å²) in [6.45, 7) is 9.70. The molecule has 0 aromatic heterocycles. The molecule has 0 unspecified atom stereocenters. The molecule has 4 aliphatic heterocycles. The quantitative estimate of drug-likeness (QED) is 0.248. The molecule has 3 saturated heterocycles. The van der Waals surface area contributed by atoms with Crippen molar-refractivity contribution in [3.8, 4) is 0 Å². The number of aliphatic hydroxyl groups excluding tert-OH is 1. The molecule has 182 valence electrons. The summed E-state index contributed by atoms with van der Waals surface area (Å²) >= 11 is 1.45. The number of amides is 2. The second-order valence-electron chi connectivity index (χ2n) is 9.62. The monoisotopic (exact) mass is 479 g/mol. The van der Waals surface area contributed by atoms with Gasteiger partial charge in [-0.25, -0.2) is 4.79 Å². The van der Waals surface area contributed by atoms with E-state index in [4.69, 9.17) is 5.41 Å². The number of fused-ring (bicyclic) bond motifs is 1. The number of piperazine rings is 1. The number of thioether (sulfide) groups is 1. The number of carbonyl (C=O) groups excluding carboxylic acids is 2. The standard InChI is InChI=1S/C22H33N5O5S/c1-10-9-25(13(4)23)5-6-26(10)20(29)15-7-14(8-24-15)33-19-11(2)17-16(12(3)28)21(30)27(17)18(19)22(31)32/h10-12,14-17,23-24,28H,5-9H2,1-4H3,(H,31,32)/t10-,11+,12+,14-,15-,16+,17+/m0/s1. The third kappa shape index (κ3) is 4.04. The van der Waals surface area contributed by atoms with Crippen molar-refractivity contribution in [3.63, 3.8) is 0 Å². The number of carboxylic acids is 1. The van der Waals surface area contributed by atoms with Crippen molar-refractivity contribution in [2.24, 2.45) is 11.8 Å². The molecular formula is C22H33N5O5S. The minimum atomic E-state index is -1.13. The van der Waals surface area contributed by atoms with E-state index in [2.05, 4.69) is 5.32 Å². The SMILES string of the molecule is CC(=N)N1CCN(C(=O)[C@@H]2C[C@H](SC3=C(C(=O)O)N4C(=O)[C@H]([C@@H](C)O)[C@H]4[C@H]3C)CN2)[C@@H](C)C1. The van der Waals surface area contributed by atoms with Crippen molar-refractivity contribution in [2.45, 2.75) is 63.6 Å². The summed E-state index contributed by atoms with van der Waals surface area (Å²) < 4.78 is 0. The Morgan fingerprint density at radius 3 is 2.55 bits per heavy atom. The van der Waals surface area contributed by atoms with E-state index in [1.54, 1.807) is 13.8 Å². The molecule has 0 aliphatic carbocycles. The van der Waals surface area contributed by atoms with E-state index >= 15 is 0 Å². The van der Waals surface area contributed by atoms with Gasteiger partial charge in [-0.3, -0.25) is 15.0 Å². The maximum absolute atomic E-state index is 13.2. The van der Waals surface area contributed by atoms with Crippen molar-refractivity contribution < 1.29 is 24.6 Å². The van der Waals surface area contributed by atoms with Gasteiger partial charge in [0.2, 0.25) is 11.8 Å². The van der Waals surface area contributed by atoms with Gasteiger partial charge in [0.15, 0.2) is 0 Å². The first-order chi connectivity index (χ1) is 15.5. The van der Waals surface area contributed by atoms with Crippen molar-refractivity contribution >= 4 is 35.4 Å². The molecule has 33 heavy (non-hydrogen) atoms. The fourth-order valence-corrected chi connectivity index (χ4v) is 7.11. The molecule has 11 heteroatoms. The van der Waals surface area contributed by atoms with Crippen LogP contribution in [0.25, 0.3) is 0 Å².